The Morgan fingerprint density at radius 3 is 2.69 bits per heavy atom. The van der Waals surface area contributed by atoms with Gasteiger partial charge in [0.1, 0.15) is 11.5 Å². The van der Waals surface area contributed by atoms with E-state index in [2.05, 4.69) is 10.2 Å². The number of aromatic nitrogens is 1. The van der Waals surface area contributed by atoms with Gasteiger partial charge in [-0.1, -0.05) is 18.2 Å². The molecule has 8 heteroatoms. The first kappa shape index (κ1) is 22.2. The third-order valence-electron chi connectivity index (χ3n) is 6.75. The van der Waals surface area contributed by atoms with E-state index < -0.39 is 0 Å². The van der Waals surface area contributed by atoms with Crippen molar-refractivity contribution in [3.8, 4) is 10.4 Å². The number of pyridine rings is 1. The van der Waals surface area contributed by atoms with Gasteiger partial charge in [0.2, 0.25) is 0 Å². The molecule has 0 spiro atoms. The molecule has 180 valence electrons. The van der Waals surface area contributed by atoms with Gasteiger partial charge in [-0.05, 0) is 61.6 Å². The summed E-state index contributed by atoms with van der Waals surface area (Å²) in [7, 11) is 0. The minimum Gasteiger partial charge on any atom is -0.378 e. The molecule has 2 amide bonds. The fourth-order valence-corrected chi connectivity index (χ4v) is 5.90. The van der Waals surface area contributed by atoms with E-state index in [-0.39, 0.29) is 11.8 Å². The summed E-state index contributed by atoms with van der Waals surface area (Å²) < 4.78 is 5.48. The molecule has 2 aliphatic heterocycles. The van der Waals surface area contributed by atoms with Crippen LogP contribution < -0.4 is 15.1 Å². The fraction of sp³-hybridized carbons (Fsp3) is 0.370. The molecule has 7 nitrogen and oxygen atoms in total. The van der Waals surface area contributed by atoms with Gasteiger partial charge in [-0.3, -0.25) is 9.59 Å². The number of carbonyl (C=O) groups is 2. The monoisotopic (exact) mass is 488 g/mol. The van der Waals surface area contributed by atoms with Crippen LogP contribution >= 0.6 is 11.3 Å². The zero-order valence-electron chi connectivity index (χ0n) is 19.8. The number of fused-ring (bicyclic) bond motifs is 3. The highest BCUT2D eigenvalue weighted by atomic mass is 32.1. The van der Waals surface area contributed by atoms with Crippen LogP contribution in [0, 0.1) is 6.92 Å². The molecule has 1 saturated heterocycles. The largest absolute Gasteiger partial charge is 0.378 e. The van der Waals surface area contributed by atoms with Crippen molar-refractivity contribution in [2.75, 3.05) is 42.6 Å². The third-order valence-corrected chi connectivity index (χ3v) is 7.95. The smallest absolute Gasteiger partial charge is 0.276 e. The molecule has 3 aliphatic rings. The van der Waals surface area contributed by atoms with E-state index in [0.717, 1.165) is 63.9 Å². The highest BCUT2D eigenvalue weighted by Crippen LogP contribution is 2.42. The number of rotatable bonds is 4. The molecule has 35 heavy (non-hydrogen) atoms. The van der Waals surface area contributed by atoms with Gasteiger partial charge in [-0.15, -0.1) is 11.3 Å². The number of aryl methyl sites for hydroxylation is 1. The van der Waals surface area contributed by atoms with Gasteiger partial charge in [0.25, 0.3) is 11.8 Å². The number of benzene rings is 1. The molecule has 0 bridgehead atoms. The summed E-state index contributed by atoms with van der Waals surface area (Å²) in [6, 6.07) is 14.2. The minimum atomic E-state index is -0.0995. The maximum absolute atomic E-state index is 13.8. The molecule has 4 heterocycles. The lowest BCUT2D eigenvalue weighted by Crippen LogP contribution is -2.38. The molecule has 1 N–H and O–H groups in total. The van der Waals surface area contributed by atoms with Crippen molar-refractivity contribution < 1.29 is 14.3 Å². The highest BCUT2D eigenvalue weighted by Gasteiger charge is 2.30. The maximum atomic E-state index is 13.8. The number of amides is 2. The Morgan fingerprint density at radius 2 is 1.89 bits per heavy atom. The number of thiophene rings is 1. The number of nitrogens with zero attached hydrogens (tertiary/aromatic N) is 3. The van der Waals surface area contributed by atoms with Gasteiger partial charge in [-0.2, -0.15) is 0 Å². The van der Waals surface area contributed by atoms with E-state index in [1.165, 1.54) is 11.3 Å². The lowest BCUT2D eigenvalue weighted by atomic mass is 10.1. The van der Waals surface area contributed by atoms with Crippen molar-refractivity contribution in [1.82, 2.24) is 10.3 Å². The normalized spacial score (nSPS) is 17.4. The van der Waals surface area contributed by atoms with Crippen LogP contribution in [0.1, 0.15) is 44.1 Å². The standard InChI is InChI=1S/C27H28N4O3S/c1-17-14-21(29-24(15-17)30-10-12-34-13-11-30)27(33)31-9-8-18-16-23(26(32)28-19-6-7-19)35-25(18)20-4-2-3-5-22(20)31/h2-5,14-16,19H,6-13H2,1H3,(H,28,32). The second-order valence-corrected chi connectivity index (χ2v) is 10.5. The van der Waals surface area contributed by atoms with Gasteiger partial charge in [0.05, 0.1) is 23.8 Å². The number of nitrogens with one attached hydrogen (secondary N) is 1. The maximum Gasteiger partial charge on any atom is 0.276 e. The lowest BCUT2D eigenvalue weighted by molar-refractivity contribution is 0.0952. The predicted molar refractivity (Wildman–Crippen MR) is 138 cm³/mol. The zero-order chi connectivity index (χ0) is 23.9. The van der Waals surface area contributed by atoms with Crippen molar-refractivity contribution >= 4 is 34.7 Å². The van der Waals surface area contributed by atoms with Gasteiger partial charge in [-0.25, -0.2) is 4.98 Å². The second-order valence-electron chi connectivity index (χ2n) is 9.42. The van der Waals surface area contributed by atoms with E-state index in [9.17, 15) is 9.59 Å². The number of ether oxygens (including phenoxy) is 1. The lowest BCUT2D eigenvalue weighted by Gasteiger charge is -2.29. The number of carbonyl (C=O) groups excluding carboxylic acids is 2. The molecule has 2 fully saturated rings. The van der Waals surface area contributed by atoms with Gasteiger partial charge in [0, 0.05) is 36.1 Å². The molecule has 1 aromatic carbocycles. The zero-order valence-corrected chi connectivity index (χ0v) is 20.6. The molecular formula is C27H28N4O3S. The molecule has 3 aromatic rings. The number of hydrogen-bond donors (Lipinski definition) is 1. The van der Waals surface area contributed by atoms with Crippen molar-refractivity contribution in [3.63, 3.8) is 0 Å². The first-order valence-corrected chi connectivity index (χ1v) is 13.0. The summed E-state index contributed by atoms with van der Waals surface area (Å²) in [6.07, 6.45) is 2.82. The number of hydrogen-bond acceptors (Lipinski definition) is 6. The molecule has 0 atom stereocenters. The summed E-state index contributed by atoms with van der Waals surface area (Å²) in [5, 5.41) is 3.09. The molecule has 0 unspecified atom stereocenters. The Kier molecular flexibility index (Phi) is 5.78. The fourth-order valence-electron chi connectivity index (χ4n) is 4.75. The molecule has 0 radical (unpaired) electrons. The van der Waals surface area contributed by atoms with E-state index in [0.29, 0.717) is 37.9 Å². The summed E-state index contributed by atoms with van der Waals surface area (Å²) >= 11 is 1.52. The van der Waals surface area contributed by atoms with Crippen LogP contribution in [0.3, 0.4) is 0 Å². The molecule has 1 aliphatic carbocycles. The quantitative estimate of drug-likeness (QED) is 0.600. The molecular weight excluding hydrogens is 460 g/mol. The number of para-hydroxylation sites is 1. The number of anilines is 2. The van der Waals surface area contributed by atoms with Crippen LogP contribution in [0.5, 0.6) is 0 Å². The van der Waals surface area contributed by atoms with Crippen LogP contribution in [0.4, 0.5) is 11.5 Å². The SMILES string of the molecule is Cc1cc(C(=O)N2CCc3cc(C(=O)NC4CC4)sc3-c3ccccc32)nc(N2CCOCC2)c1. The predicted octanol–water partition coefficient (Wildman–Crippen LogP) is 4.05. The Morgan fingerprint density at radius 1 is 1.09 bits per heavy atom. The van der Waals surface area contributed by atoms with Crippen LogP contribution in [-0.4, -0.2) is 55.7 Å². The van der Waals surface area contributed by atoms with Crippen LogP contribution in [0.25, 0.3) is 10.4 Å². The molecule has 6 rings (SSSR count). The van der Waals surface area contributed by atoms with E-state index in [1.54, 1.807) is 0 Å². The van der Waals surface area contributed by atoms with E-state index in [1.807, 2.05) is 54.3 Å². The van der Waals surface area contributed by atoms with E-state index in [4.69, 9.17) is 9.72 Å². The summed E-state index contributed by atoms with van der Waals surface area (Å²) in [6.45, 7) is 5.42. The topological polar surface area (TPSA) is 74.8 Å². The molecule has 1 saturated carbocycles. The van der Waals surface area contributed by atoms with Crippen molar-refractivity contribution in [2.24, 2.45) is 0 Å². The third kappa shape index (κ3) is 4.44. The Hall–Kier alpha value is -3.23. The Bertz CT molecular complexity index is 1290. The minimum absolute atomic E-state index is 0.00981. The Labute approximate surface area is 208 Å². The first-order chi connectivity index (χ1) is 17.1. The highest BCUT2D eigenvalue weighted by molar-refractivity contribution is 7.17. The van der Waals surface area contributed by atoms with Gasteiger partial charge >= 0.3 is 0 Å². The van der Waals surface area contributed by atoms with Crippen LogP contribution in [-0.2, 0) is 11.2 Å². The van der Waals surface area contributed by atoms with Gasteiger partial charge < -0.3 is 19.9 Å². The van der Waals surface area contributed by atoms with Crippen LogP contribution in [0.15, 0.2) is 42.5 Å². The van der Waals surface area contributed by atoms with Gasteiger partial charge in [0.15, 0.2) is 0 Å². The van der Waals surface area contributed by atoms with Crippen molar-refractivity contribution in [3.05, 3.63) is 64.2 Å². The molecule has 2 aromatic heterocycles. The second kappa shape index (κ2) is 9.09. The Balaban J connectivity index is 1.33. The van der Waals surface area contributed by atoms with Crippen molar-refractivity contribution in [1.29, 1.82) is 0 Å². The first-order valence-electron chi connectivity index (χ1n) is 12.2. The summed E-state index contributed by atoms with van der Waals surface area (Å²) in [5.41, 5.74) is 4.44. The average Bonchev–Trinajstić information content (AvgIpc) is 3.62. The van der Waals surface area contributed by atoms with E-state index >= 15 is 0 Å². The summed E-state index contributed by atoms with van der Waals surface area (Å²) in [5.74, 6) is 0.735. The average molecular weight is 489 g/mol. The van der Waals surface area contributed by atoms with Crippen molar-refractivity contribution in [2.45, 2.75) is 32.2 Å². The number of morpholine rings is 1. The van der Waals surface area contributed by atoms with Crippen LogP contribution in [0.2, 0.25) is 0 Å². The summed E-state index contributed by atoms with van der Waals surface area (Å²) in [4.78, 5) is 37.1.